The van der Waals surface area contributed by atoms with Gasteiger partial charge in [-0.25, -0.2) is 0 Å². The molecule has 0 amide bonds. The Morgan fingerprint density at radius 1 is 1.43 bits per heavy atom. The van der Waals surface area contributed by atoms with Gasteiger partial charge < -0.3 is 15.4 Å². The molecule has 0 aromatic carbocycles. The first-order valence-corrected chi connectivity index (χ1v) is 5.84. The van der Waals surface area contributed by atoms with Crippen molar-refractivity contribution in [2.24, 2.45) is 0 Å². The molecule has 2 N–H and O–H groups in total. The van der Waals surface area contributed by atoms with E-state index in [1.165, 1.54) is 38.6 Å². The summed E-state index contributed by atoms with van der Waals surface area (Å²) >= 11 is 0. The Bertz CT molecular complexity index is 169. The van der Waals surface area contributed by atoms with E-state index in [4.69, 9.17) is 4.74 Å². The van der Waals surface area contributed by atoms with Crippen LogP contribution < -0.4 is 10.6 Å². The van der Waals surface area contributed by atoms with Crippen molar-refractivity contribution in [3.05, 3.63) is 0 Å². The van der Waals surface area contributed by atoms with Crippen molar-refractivity contribution in [3.63, 3.8) is 0 Å². The van der Waals surface area contributed by atoms with Gasteiger partial charge in [0.05, 0.1) is 5.60 Å². The van der Waals surface area contributed by atoms with Crippen molar-refractivity contribution < 1.29 is 4.74 Å². The van der Waals surface area contributed by atoms with Gasteiger partial charge in [0.2, 0.25) is 0 Å². The highest BCUT2D eigenvalue weighted by Gasteiger charge is 2.37. The fraction of sp³-hybridized carbons (Fsp3) is 1.00. The molecule has 3 heteroatoms. The second kappa shape index (κ2) is 4.60. The largest absolute Gasteiger partial charge is 0.377 e. The zero-order valence-electron chi connectivity index (χ0n) is 9.14. The number of piperidine rings is 1. The highest BCUT2D eigenvalue weighted by Crippen LogP contribution is 2.34. The quantitative estimate of drug-likeness (QED) is 0.704. The van der Waals surface area contributed by atoms with Gasteiger partial charge in [0, 0.05) is 26.2 Å². The van der Waals surface area contributed by atoms with Crippen LogP contribution in [0.1, 0.15) is 32.1 Å². The third kappa shape index (κ3) is 2.27. The van der Waals surface area contributed by atoms with E-state index < -0.39 is 0 Å². The maximum absolute atomic E-state index is 5.58. The summed E-state index contributed by atoms with van der Waals surface area (Å²) in [7, 11) is 1.85. The summed E-state index contributed by atoms with van der Waals surface area (Å²) in [4.78, 5) is 0. The number of rotatable bonds is 4. The van der Waals surface area contributed by atoms with E-state index >= 15 is 0 Å². The van der Waals surface area contributed by atoms with E-state index in [0.29, 0.717) is 6.04 Å². The smallest absolute Gasteiger partial charge is 0.0802 e. The van der Waals surface area contributed by atoms with Crippen molar-refractivity contribution in [1.29, 1.82) is 0 Å². The summed E-state index contributed by atoms with van der Waals surface area (Å²) in [5, 5.41) is 7.05. The molecule has 1 unspecified atom stereocenters. The Labute approximate surface area is 86.6 Å². The van der Waals surface area contributed by atoms with Gasteiger partial charge >= 0.3 is 0 Å². The predicted molar refractivity (Wildman–Crippen MR) is 57.5 cm³/mol. The Hall–Kier alpha value is -0.120. The normalized spacial score (nSPS) is 31.1. The van der Waals surface area contributed by atoms with E-state index in [1.807, 2.05) is 7.11 Å². The van der Waals surface area contributed by atoms with Gasteiger partial charge in [-0.1, -0.05) is 0 Å². The van der Waals surface area contributed by atoms with Crippen LogP contribution in [0.15, 0.2) is 0 Å². The molecule has 0 spiro atoms. The summed E-state index contributed by atoms with van der Waals surface area (Å²) in [5.74, 6) is 0. The van der Waals surface area contributed by atoms with Crippen LogP contribution in [-0.2, 0) is 4.74 Å². The molecule has 2 aliphatic rings. The third-order valence-corrected chi connectivity index (χ3v) is 3.71. The minimum absolute atomic E-state index is 0.178. The SMILES string of the molecule is COC1(CNC2CCCNC2)CCC1. The molecule has 1 heterocycles. The van der Waals surface area contributed by atoms with Crippen LogP contribution in [0.4, 0.5) is 0 Å². The second-order valence-electron chi connectivity index (χ2n) is 4.66. The molecule has 1 saturated heterocycles. The molecule has 1 aliphatic carbocycles. The van der Waals surface area contributed by atoms with Crippen molar-refractivity contribution in [2.45, 2.75) is 43.7 Å². The van der Waals surface area contributed by atoms with E-state index in [1.54, 1.807) is 0 Å². The number of nitrogens with one attached hydrogen (secondary N) is 2. The van der Waals surface area contributed by atoms with Crippen molar-refractivity contribution in [1.82, 2.24) is 10.6 Å². The average molecular weight is 198 g/mol. The van der Waals surface area contributed by atoms with Crippen molar-refractivity contribution >= 4 is 0 Å². The van der Waals surface area contributed by atoms with Crippen LogP contribution in [0.2, 0.25) is 0 Å². The summed E-state index contributed by atoms with van der Waals surface area (Å²) in [5.41, 5.74) is 0.178. The van der Waals surface area contributed by atoms with E-state index in [-0.39, 0.29) is 5.60 Å². The zero-order chi connectivity index (χ0) is 9.86. The Balaban J connectivity index is 1.69. The zero-order valence-corrected chi connectivity index (χ0v) is 9.14. The van der Waals surface area contributed by atoms with Gasteiger partial charge in [0.15, 0.2) is 0 Å². The first kappa shape index (κ1) is 10.4. The average Bonchev–Trinajstić information content (AvgIpc) is 2.19. The molecule has 0 radical (unpaired) electrons. The molecule has 0 aromatic heterocycles. The van der Waals surface area contributed by atoms with Crippen LogP contribution in [0, 0.1) is 0 Å². The van der Waals surface area contributed by atoms with E-state index in [2.05, 4.69) is 10.6 Å². The van der Waals surface area contributed by atoms with Gasteiger partial charge in [-0.2, -0.15) is 0 Å². The minimum atomic E-state index is 0.178. The molecule has 14 heavy (non-hydrogen) atoms. The molecule has 82 valence electrons. The van der Waals surface area contributed by atoms with Crippen LogP contribution in [0.5, 0.6) is 0 Å². The first-order valence-electron chi connectivity index (χ1n) is 5.84. The number of ether oxygens (including phenoxy) is 1. The Kier molecular flexibility index (Phi) is 3.42. The molecule has 2 rings (SSSR count). The minimum Gasteiger partial charge on any atom is -0.377 e. The molecule has 2 fully saturated rings. The molecular formula is C11H22N2O. The van der Waals surface area contributed by atoms with Crippen LogP contribution in [0.25, 0.3) is 0 Å². The summed E-state index contributed by atoms with van der Waals surface area (Å²) in [6, 6.07) is 0.663. The van der Waals surface area contributed by atoms with Crippen molar-refractivity contribution in [3.8, 4) is 0 Å². The lowest BCUT2D eigenvalue weighted by Gasteiger charge is -2.42. The number of hydrogen-bond donors (Lipinski definition) is 2. The Morgan fingerprint density at radius 3 is 2.79 bits per heavy atom. The van der Waals surface area contributed by atoms with Gasteiger partial charge in [0.25, 0.3) is 0 Å². The predicted octanol–water partition coefficient (Wildman–Crippen LogP) is 0.897. The molecule has 1 saturated carbocycles. The van der Waals surface area contributed by atoms with Crippen LogP contribution in [0.3, 0.4) is 0 Å². The summed E-state index contributed by atoms with van der Waals surface area (Å²) < 4.78 is 5.58. The molecule has 1 aliphatic heterocycles. The number of methoxy groups -OCH3 is 1. The fourth-order valence-electron chi connectivity index (χ4n) is 2.38. The number of hydrogen-bond acceptors (Lipinski definition) is 3. The van der Waals surface area contributed by atoms with Crippen molar-refractivity contribution in [2.75, 3.05) is 26.7 Å². The second-order valence-corrected chi connectivity index (χ2v) is 4.66. The highest BCUT2D eigenvalue weighted by atomic mass is 16.5. The van der Waals surface area contributed by atoms with Gasteiger partial charge in [0.1, 0.15) is 0 Å². The summed E-state index contributed by atoms with van der Waals surface area (Å²) in [6.45, 7) is 3.35. The van der Waals surface area contributed by atoms with E-state index in [0.717, 1.165) is 13.1 Å². The van der Waals surface area contributed by atoms with Gasteiger partial charge in [-0.15, -0.1) is 0 Å². The first-order chi connectivity index (χ1) is 6.85. The fourth-order valence-corrected chi connectivity index (χ4v) is 2.38. The van der Waals surface area contributed by atoms with Crippen LogP contribution >= 0.6 is 0 Å². The maximum atomic E-state index is 5.58. The third-order valence-electron chi connectivity index (χ3n) is 3.71. The molecule has 1 atom stereocenters. The van der Waals surface area contributed by atoms with E-state index in [9.17, 15) is 0 Å². The van der Waals surface area contributed by atoms with Gasteiger partial charge in [-0.05, 0) is 38.6 Å². The maximum Gasteiger partial charge on any atom is 0.0802 e. The monoisotopic (exact) mass is 198 g/mol. The van der Waals surface area contributed by atoms with Crippen LogP contribution in [-0.4, -0.2) is 38.4 Å². The molecule has 0 aromatic rings. The molecular weight excluding hydrogens is 176 g/mol. The topological polar surface area (TPSA) is 33.3 Å². The lowest BCUT2D eigenvalue weighted by molar-refractivity contribution is -0.0711. The lowest BCUT2D eigenvalue weighted by atomic mass is 9.79. The van der Waals surface area contributed by atoms with Gasteiger partial charge in [-0.3, -0.25) is 0 Å². The highest BCUT2D eigenvalue weighted by molar-refractivity contribution is 4.92. The molecule has 3 nitrogen and oxygen atoms in total. The lowest BCUT2D eigenvalue weighted by Crippen LogP contribution is -2.53. The standard InChI is InChI=1S/C11H22N2O/c1-14-11(5-3-6-11)9-13-10-4-2-7-12-8-10/h10,12-13H,2-9H2,1H3. The molecule has 0 bridgehead atoms. The Morgan fingerprint density at radius 2 is 2.29 bits per heavy atom. The summed E-state index contributed by atoms with van der Waals surface area (Å²) in [6.07, 6.45) is 6.41.